The molecule has 0 amide bonds. The van der Waals surface area contributed by atoms with Crippen LogP contribution in [0.2, 0.25) is 0 Å². The molecular weight excluding hydrogens is 172 g/mol. The van der Waals surface area contributed by atoms with E-state index in [0.29, 0.717) is 6.04 Å². The van der Waals surface area contributed by atoms with Crippen LogP contribution in [0, 0.1) is 0 Å². The van der Waals surface area contributed by atoms with Crippen molar-refractivity contribution in [1.82, 2.24) is 4.31 Å². The molecule has 0 radical (unpaired) electrons. The van der Waals surface area contributed by atoms with Gasteiger partial charge < -0.3 is 0 Å². The SMILES string of the molecule is CCN(C(C)C)S1(N)C[SiH2]C1. The first kappa shape index (κ1) is 9.57. The van der Waals surface area contributed by atoms with Gasteiger partial charge in [-0.05, 0) is 24.6 Å². The molecule has 0 bridgehead atoms. The number of hydrogen-bond donors (Lipinski definition) is 1. The molecule has 4 heteroatoms. The predicted octanol–water partition coefficient (Wildman–Crippen LogP) is 0.407. The summed E-state index contributed by atoms with van der Waals surface area (Å²) in [6.07, 6.45) is 0. The van der Waals surface area contributed by atoms with Crippen molar-refractivity contribution in [1.29, 1.82) is 0 Å². The van der Waals surface area contributed by atoms with Crippen molar-refractivity contribution in [3.05, 3.63) is 0 Å². The van der Waals surface area contributed by atoms with Crippen LogP contribution in [0.5, 0.6) is 0 Å². The van der Waals surface area contributed by atoms with Gasteiger partial charge in [0.05, 0.1) is 0 Å². The van der Waals surface area contributed by atoms with E-state index >= 15 is 0 Å². The number of rotatable bonds is 3. The van der Waals surface area contributed by atoms with E-state index < -0.39 is 10.4 Å². The monoisotopic (exact) mass is 192 g/mol. The van der Waals surface area contributed by atoms with Crippen molar-refractivity contribution < 1.29 is 0 Å². The Morgan fingerprint density at radius 3 is 2.18 bits per heavy atom. The van der Waals surface area contributed by atoms with Crippen molar-refractivity contribution in [2.75, 3.05) is 17.3 Å². The lowest BCUT2D eigenvalue weighted by atomic mass is 10.4. The minimum Gasteiger partial charge on any atom is -0.284 e. The Kier molecular flexibility index (Phi) is 3.02. The Bertz CT molecular complexity index is 136. The molecule has 1 aliphatic heterocycles. The van der Waals surface area contributed by atoms with E-state index in [4.69, 9.17) is 5.14 Å². The lowest BCUT2D eigenvalue weighted by Crippen LogP contribution is -2.50. The van der Waals surface area contributed by atoms with Gasteiger partial charge in [-0.15, -0.1) is 10.4 Å². The van der Waals surface area contributed by atoms with Gasteiger partial charge >= 0.3 is 0 Å². The van der Waals surface area contributed by atoms with Gasteiger partial charge in [-0.3, -0.25) is 9.44 Å². The molecule has 1 heterocycles. The molecule has 2 nitrogen and oxygen atoms in total. The molecule has 2 N–H and O–H groups in total. The molecule has 1 aliphatic rings. The Labute approximate surface area is 73.9 Å². The molecule has 1 rings (SSSR count). The second-order valence-electron chi connectivity index (χ2n) is 3.49. The zero-order valence-corrected chi connectivity index (χ0v) is 10.1. The van der Waals surface area contributed by atoms with Crippen LogP contribution >= 0.6 is 10.4 Å². The summed E-state index contributed by atoms with van der Waals surface area (Å²) in [5.74, 6) is 0. The average molecular weight is 192 g/mol. The van der Waals surface area contributed by atoms with Crippen LogP contribution in [0.4, 0.5) is 0 Å². The van der Waals surface area contributed by atoms with Gasteiger partial charge in [-0.1, -0.05) is 6.92 Å². The highest BCUT2D eigenvalue weighted by Gasteiger charge is 2.34. The van der Waals surface area contributed by atoms with E-state index in [1.54, 1.807) is 0 Å². The van der Waals surface area contributed by atoms with Crippen molar-refractivity contribution in [2.24, 2.45) is 5.14 Å². The second kappa shape index (κ2) is 3.47. The van der Waals surface area contributed by atoms with Gasteiger partial charge in [0, 0.05) is 22.1 Å². The lowest BCUT2D eigenvalue weighted by molar-refractivity contribution is 0.403. The summed E-state index contributed by atoms with van der Waals surface area (Å²) in [5, 5.41) is 9.11. The quantitative estimate of drug-likeness (QED) is 0.656. The number of nitrogens with zero attached hydrogens (tertiary/aromatic N) is 1. The number of nitrogens with two attached hydrogens (primary N) is 1. The van der Waals surface area contributed by atoms with Gasteiger partial charge in [0.2, 0.25) is 0 Å². The van der Waals surface area contributed by atoms with Crippen LogP contribution in [-0.4, -0.2) is 37.2 Å². The molecule has 0 aliphatic carbocycles. The summed E-state index contributed by atoms with van der Waals surface area (Å²) in [6.45, 7) is 7.87. The maximum atomic E-state index is 6.30. The van der Waals surface area contributed by atoms with Crippen LogP contribution in [-0.2, 0) is 0 Å². The molecule has 0 aromatic rings. The maximum Gasteiger partial charge on any atom is 0.0454 e. The normalized spacial score (nSPS) is 39.1. The van der Waals surface area contributed by atoms with Gasteiger partial charge in [0.1, 0.15) is 0 Å². The fourth-order valence-electron chi connectivity index (χ4n) is 1.72. The Morgan fingerprint density at radius 2 is 2.09 bits per heavy atom. The van der Waals surface area contributed by atoms with Crippen molar-refractivity contribution in [3.8, 4) is 0 Å². The standard InChI is InChI=1S/C7H20N2SSi/c1-4-9(7(2)3)10(8)5-11-6-10/h7H,4-6,8,11H2,1-3H3. The van der Waals surface area contributed by atoms with Crippen LogP contribution in [0.25, 0.3) is 0 Å². The van der Waals surface area contributed by atoms with Gasteiger partial charge in [-0.25, -0.2) is 0 Å². The van der Waals surface area contributed by atoms with Gasteiger partial charge in [0.15, 0.2) is 0 Å². The van der Waals surface area contributed by atoms with Crippen molar-refractivity contribution >= 4 is 19.9 Å². The van der Waals surface area contributed by atoms with E-state index in [9.17, 15) is 0 Å². The lowest BCUT2D eigenvalue weighted by Gasteiger charge is -2.53. The Hall–Kier alpha value is 0.487. The Balaban J connectivity index is 2.53. The molecule has 11 heavy (non-hydrogen) atoms. The van der Waals surface area contributed by atoms with Crippen LogP contribution in [0.1, 0.15) is 20.8 Å². The summed E-state index contributed by atoms with van der Waals surface area (Å²) in [7, 11) is -0.447. The highest BCUT2D eigenvalue weighted by atomic mass is 32.3. The zero-order chi connectivity index (χ0) is 8.48. The van der Waals surface area contributed by atoms with Crippen LogP contribution in [0.15, 0.2) is 0 Å². The topological polar surface area (TPSA) is 29.3 Å². The molecule has 1 fully saturated rings. The Morgan fingerprint density at radius 1 is 1.55 bits per heavy atom. The molecule has 0 atom stereocenters. The van der Waals surface area contributed by atoms with Gasteiger partial charge in [-0.2, -0.15) is 0 Å². The molecule has 0 aromatic carbocycles. The molecular formula is C7H20N2SSi. The summed E-state index contributed by atoms with van der Waals surface area (Å²) in [4.78, 5) is 0. The molecule has 0 saturated carbocycles. The third-order valence-corrected chi connectivity index (χ3v) is 11.9. The van der Waals surface area contributed by atoms with E-state index in [1.165, 1.54) is 10.8 Å². The summed E-state index contributed by atoms with van der Waals surface area (Å²) >= 11 is 0. The predicted molar refractivity (Wildman–Crippen MR) is 57.6 cm³/mol. The maximum absolute atomic E-state index is 6.30. The third kappa shape index (κ3) is 1.80. The minimum absolute atomic E-state index is 0.287. The fourth-order valence-corrected chi connectivity index (χ4v) is 8.47. The first-order valence-electron chi connectivity index (χ1n) is 4.43. The summed E-state index contributed by atoms with van der Waals surface area (Å²) in [6, 6.07) is 0.647. The molecule has 1 saturated heterocycles. The first-order valence-corrected chi connectivity index (χ1v) is 8.42. The molecule has 68 valence electrons. The summed E-state index contributed by atoms with van der Waals surface area (Å²) < 4.78 is 2.52. The smallest absolute Gasteiger partial charge is 0.0454 e. The second-order valence-corrected chi connectivity index (χ2v) is 9.73. The largest absolute Gasteiger partial charge is 0.284 e. The highest BCUT2D eigenvalue weighted by Crippen LogP contribution is 2.49. The molecule has 0 aromatic heterocycles. The van der Waals surface area contributed by atoms with Crippen molar-refractivity contribution in [3.63, 3.8) is 0 Å². The van der Waals surface area contributed by atoms with E-state index in [-0.39, 0.29) is 9.52 Å². The minimum atomic E-state index is -0.734. The van der Waals surface area contributed by atoms with E-state index in [1.807, 2.05) is 0 Å². The average Bonchev–Trinajstić information content (AvgIpc) is 1.85. The van der Waals surface area contributed by atoms with E-state index in [2.05, 4.69) is 25.1 Å². The molecule has 0 unspecified atom stereocenters. The molecule has 0 spiro atoms. The fraction of sp³-hybridized carbons (Fsp3) is 1.00. The van der Waals surface area contributed by atoms with Gasteiger partial charge in [0.25, 0.3) is 0 Å². The van der Waals surface area contributed by atoms with Crippen molar-refractivity contribution in [2.45, 2.75) is 26.8 Å². The first-order chi connectivity index (χ1) is 5.10. The summed E-state index contributed by atoms with van der Waals surface area (Å²) in [5.41, 5.74) is 0. The zero-order valence-electron chi connectivity index (χ0n) is 7.84. The van der Waals surface area contributed by atoms with E-state index in [0.717, 1.165) is 6.54 Å². The highest BCUT2D eigenvalue weighted by molar-refractivity contribution is 8.34. The third-order valence-electron chi connectivity index (χ3n) is 2.35. The van der Waals surface area contributed by atoms with Crippen LogP contribution in [0.3, 0.4) is 0 Å². The van der Waals surface area contributed by atoms with Crippen LogP contribution < -0.4 is 5.14 Å². The number of hydrogen-bond acceptors (Lipinski definition) is 2.